The minimum atomic E-state index is 0.568. The summed E-state index contributed by atoms with van der Waals surface area (Å²) in [6.07, 6.45) is 1.67. The van der Waals surface area contributed by atoms with Crippen LogP contribution < -0.4 is 10.6 Å². The zero-order valence-electron chi connectivity index (χ0n) is 12.1. The normalized spacial score (nSPS) is 11.6. The lowest BCUT2D eigenvalue weighted by atomic mass is 10.3. The number of aliphatic imine (C=N–C) groups is 1. The van der Waals surface area contributed by atoms with Crippen molar-refractivity contribution >= 4 is 28.6 Å². The molecule has 7 heteroatoms. The third-order valence-electron chi connectivity index (χ3n) is 2.98. The Morgan fingerprint density at radius 2 is 2.18 bits per heavy atom. The Balaban J connectivity index is 1.52. The van der Waals surface area contributed by atoms with Crippen LogP contribution in [-0.4, -0.2) is 18.0 Å². The summed E-state index contributed by atoms with van der Waals surface area (Å²) >= 11 is 3.30. The minimum Gasteiger partial charge on any atom is -0.443 e. The summed E-state index contributed by atoms with van der Waals surface area (Å²) in [6, 6.07) is 6.07. The van der Waals surface area contributed by atoms with Gasteiger partial charge in [0.2, 0.25) is 5.89 Å². The van der Waals surface area contributed by atoms with Crippen molar-refractivity contribution in [1.29, 1.82) is 0 Å². The van der Waals surface area contributed by atoms with Gasteiger partial charge in [-0.2, -0.15) is 11.3 Å². The van der Waals surface area contributed by atoms with E-state index in [0.717, 1.165) is 23.1 Å². The molecule has 0 saturated heterocycles. The highest BCUT2D eigenvalue weighted by Crippen LogP contribution is 2.23. The highest BCUT2D eigenvalue weighted by atomic mass is 32.1. The molecule has 2 N–H and O–H groups in total. The lowest BCUT2D eigenvalue weighted by Gasteiger charge is -2.09. The molecule has 0 amide bonds. The lowest BCUT2D eigenvalue weighted by Crippen LogP contribution is -2.36. The number of hydrogen-bond acceptors (Lipinski definition) is 5. The van der Waals surface area contributed by atoms with E-state index in [1.807, 2.05) is 17.5 Å². The molecule has 0 saturated carbocycles. The summed E-state index contributed by atoms with van der Waals surface area (Å²) in [5.74, 6) is 1.40. The Hall–Kier alpha value is -2.12. The second-order valence-corrected chi connectivity index (χ2v) is 6.26. The van der Waals surface area contributed by atoms with Crippen molar-refractivity contribution in [2.24, 2.45) is 4.99 Å². The van der Waals surface area contributed by atoms with Crippen LogP contribution in [0.5, 0.6) is 0 Å². The van der Waals surface area contributed by atoms with Crippen LogP contribution in [0.25, 0.3) is 10.8 Å². The van der Waals surface area contributed by atoms with E-state index in [2.05, 4.69) is 37.4 Å². The maximum absolute atomic E-state index is 5.49. The van der Waals surface area contributed by atoms with Crippen molar-refractivity contribution in [3.63, 3.8) is 0 Å². The summed E-state index contributed by atoms with van der Waals surface area (Å²) in [6.45, 7) is 1.32. The fraction of sp³-hybridized carbons (Fsp3) is 0.200. The highest BCUT2D eigenvalue weighted by molar-refractivity contribution is 7.13. The smallest absolute Gasteiger partial charge is 0.236 e. The zero-order valence-corrected chi connectivity index (χ0v) is 13.7. The van der Waals surface area contributed by atoms with Crippen molar-refractivity contribution in [3.8, 4) is 10.8 Å². The third-order valence-corrected chi connectivity index (χ3v) is 4.57. The summed E-state index contributed by atoms with van der Waals surface area (Å²) < 4.78 is 5.49. The molecule has 0 bridgehead atoms. The summed E-state index contributed by atoms with van der Waals surface area (Å²) in [5, 5.41) is 12.7. The van der Waals surface area contributed by atoms with E-state index < -0.39 is 0 Å². The molecule has 0 aromatic carbocycles. The van der Waals surface area contributed by atoms with Crippen LogP contribution in [0.1, 0.15) is 11.3 Å². The first-order chi connectivity index (χ1) is 10.8. The van der Waals surface area contributed by atoms with Crippen LogP contribution >= 0.6 is 22.7 Å². The van der Waals surface area contributed by atoms with Gasteiger partial charge in [-0.3, -0.25) is 4.99 Å². The van der Waals surface area contributed by atoms with Gasteiger partial charge in [-0.1, -0.05) is 6.07 Å². The van der Waals surface area contributed by atoms with Gasteiger partial charge in [0.05, 0.1) is 17.1 Å². The van der Waals surface area contributed by atoms with Crippen LogP contribution in [0.15, 0.2) is 50.0 Å². The van der Waals surface area contributed by atoms with Gasteiger partial charge in [0.25, 0.3) is 0 Å². The number of guanidine groups is 1. The third kappa shape index (κ3) is 3.75. The fourth-order valence-corrected chi connectivity index (χ4v) is 3.20. The van der Waals surface area contributed by atoms with Crippen molar-refractivity contribution in [3.05, 3.63) is 51.9 Å². The highest BCUT2D eigenvalue weighted by Gasteiger charge is 2.08. The van der Waals surface area contributed by atoms with Gasteiger partial charge in [0.15, 0.2) is 5.96 Å². The van der Waals surface area contributed by atoms with Gasteiger partial charge in [-0.25, -0.2) is 4.98 Å². The van der Waals surface area contributed by atoms with Crippen molar-refractivity contribution in [2.45, 2.75) is 13.1 Å². The Labute approximate surface area is 136 Å². The Kier molecular flexibility index (Phi) is 4.87. The molecule has 0 spiro atoms. The molecule has 3 aromatic heterocycles. The van der Waals surface area contributed by atoms with Crippen LogP contribution in [0.2, 0.25) is 0 Å². The summed E-state index contributed by atoms with van der Waals surface area (Å²) in [4.78, 5) is 9.70. The second-order valence-electron chi connectivity index (χ2n) is 4.53. The zero-order chi connectivity index (χ0) is 15.2. The molecule has 0 aliphatic rings. The molecule has 5 nitrogen and oxygen atoms in total. The number of aromatic nitrogens is 1. The average Bonchev–Trinajstić information content (AvgIpc) is 3.29. The average molecular weight is 332 g/mol. The predicted molar refractivity (Wildman–Crippen MR) is 91.2 cm³/mol. The van der Waals surface area contributed by atoms with Gasteiger partial charge in [-0.15, -0.1) is 11.3 Å². The maximum atomic E-state index is 5.49. The van der Waals surface area contributed by atoms with E-state index in [9.17, 15) is 0 Å². The molecule has 0 fully saturated rings. The molecule has 0 aliphatic carbocycles. The number of rotatable bonds is 5. The molecular weight excluding hydrogens is 316 g/mol. The monoisotopic (exact) mass is 332 g/mol. The van der Waals surface area contributed by atoms with E-state index in [-0.39, 0.29) is 0 Å². The molecule has 3 aromatic rings. The van der Waals surface area contributed by atoms with Crippen LogP contribution in [0.4, 0.5) is 0 Å². The van der Waals surface area contributed by atoms with Crippen LogP contribution in [-0.2, 0) is 13.1 Å². The Morgan fingerprint density at radius 1 is 1.27 bits per heavy atom. The number of thiophene rings is 2. The molecule has 0 radical (unpaired) electrons. The molecule has 0 atom stereocenters. The second kappa shape index (κ2) is 7.24. The molecule has 22 heavy (non-hydrogen) atoms. The van der Waals surface area contributed by atoms with E-state index in [4.69, 9.17) is 4.42 Å². The number of nitrogens with zero attached hydrogens (tertiary/aromatic N) is 2. The Morgan fingerprint density at radius 3 is 2.91 bits per heavy atom. The van der Waals surface area contributed by atoms with Gasteiger partial charge in [-0.05, 0) is 33.8 Å². The number of hydrogen-bond donors (Lipinski definition) is 2. The fourth-order valence-electron chi connectivity index (χ4n) is 1.88. The number of nitrogens with one attached hydrogen (secondary N) is 2. The predicted octanol–water partition coefficient (Wildman–Crippen LogP) is 3.33. The quantitative estimate of drug-likeness (QED) is 0.556. The SMILES string of the molecule is CN=C(NCc1ccsc1)NCc1coc(-c2cccs2)n1. The minimum absolute atomic E-state index is 0.568. The molecule has 0 aliphatic heterocycles. The number of oxazole rings is 1. The first-order valence-electron chi connectivity index (χ1n) is 6.79. The topological polar surface area (TPSA) is 62.5 Å². The molecule has 0 unspecified atom stereocenters. The first-order valence-corrected chi connectivity index (χ1v) is 8.61. The summed E-state index contributed by atoms with van der Waals surface area (Å²) in [5.41, 5.74) is 2.09. The van der Waals surface area contributed by atoms with Crippen LogP contribution in [0, 0.1) is 0 Å². The van der Waals surface area contributed by atoms with E-state index in [1.54, 1.807) is 36.0 Å². The first kappa shape index (κ1) is 14.8. The van der Waals surface area contributed by atoms with Gasteiger partial charge < -0.3 is 15.1 Å². The van der Waals surface area contributed by atoms with Crippen molar-refractivity contribution < 1.29 is 4.42 Å². The van der Waals surface area contributed by atoms with Gasteiger partial charge in [0.1, 0.15) is 6.26 Å². The molecule has 3 heterocycles. The van der Waals surface area contributed by atoms with Gasteiger partial charge in [0, 0.05) is 13.6 Å². The lowest BCUT2D eigenvalue weighted by molar-refractivity contribution is 0.573. The Bertz CT molecular complexity index is 717. The van der Waals surface area contributed by atoms with Crippen molar-refractivity contribution in [2.75, 3.05) is 7.05 Å². The van der Waals surface area contributed by atoms with Gasteiger partial charge >= 0.3 is 0 Å². The summed E-state index contributed by atoms with van der Waals surface area (Å²) in [7, 11) is 1.75. The van der Waals surface area contributed by atoms with E-state index in [1.165, 1.54) is 5.56 Å². The standard InChI is InChI=1S/C15H16N4OS2/c1-16-15(17-7-11-4-6-21-10-11)18-8-12-9-20-14(19-12)13-3-2-5-22-13/h2-6,9-10H,7-8H2,1H3,(H2,16,17,18). The molecule has 3 rings (SSSR count). The van der Waals surface area contributed by atoms with Crippen LogP contribution in [0.3, 0.4) is 0 Å². The maximum Gasteiger partial charge on any atom is 0.236 e. The molecule has 114 valence electrons. The largest absolute Gasteiger partial charge is 0.443 e. The van der Waals surface area contributed by atoms with Crippen molar-refractivity contribution in [1.82, 2.24) is 15.6 Å². The molecular formula is C15H16N4OS2. The van der Waals surface area contributed by atoms with E-state index >= 15 is 0 Å². The van der Waals surface area contributed by atoms with E-state index in [0.29, 0.717) is 12.4 Å².